The Morgan fingerprint density at radius 3 is 2.12 bits per heavy atom. The summed E-state index contributed by atoms with van der Waals surface area (Å²) in [6.07, 6.45) is 10.2. The zero-order chi connectivity index (χ0) is 19.5. The van der Waals surface area contributed by atoms with E-state index in [0.717, 1.165) is 38.5 Å². The molecule has 0 atom stereocenters. The van der Waals surface area contributed by atoms with Crippen LogP contribution in [-0.2, 0) is 9.53 Å². The SMILES string of the molecule is COC(=O)CCCCCCC/C=C/c1c(C)c(O)c(OC)c(OC)c1O. The van der Waals surface area contributed by atoms with Crippen molar-refractivity contribution < 1.29 is 29.2 Å². The van der Waals surface area contributed by atoms with Gasteiger partial charge in [-0.15, -0.1) is 0 Å². The van der Waals surface area contributed by atoms with Gasteiger partial charge in [0.25, 0.3) is 0 Å². The van der Waals surface area contributed by atoms with Gasteiger partial charge in [-0.1, -0.05) is 31.4 Å². The quantitative estimate of drug-likeness (QED) is 0.344. The van der Waals surface area contributed by atoms with E-state index < -0.39 is 0 Å². The first-order valence-electron chi connectivity index (χ1n) is 8.87. The summed E-state index contributed by atoms with van der Waals surface area (Å²) in [4.78, 5) is 11.0. The van der Waals surface area contributed by atoms with Crippen molar-refractivity contribution in [2.24, 2.45) is 0 Å². The molecule has 0 radical (unpaired) electrons. The van der Waals surface area contributed by atoms with Crippen molar-refractivity contribution in [3.05, 3.63) is 17.2 Å². The highest BCUT2D eigenvalue weighted by Gasteiger charge is 2.21. The van der Waals surface area contributed by atoms with Gasteiger partial charge >= 0.3 is 5.97 Å². The summed E-state index contributed by atoms with van der Waals surface area (Å²) < 4.78 is 14.9. The summed E-state index contributed by atoms with van der Waals surface area (Å²) >= 11 is 0. The third kappa shape index (κ3) is 5.86. The molecule has 146 valence electrons. The van der Waals surface area contributed by atoms with Crippen LogP contribution in [0.3, 0.4) is 0 Å². The Kier molecular flexibility index (Phi) is 9.41. The minimum absolute atomic E-state index is 0.0348. The highest BCUT2D eigenvalue weighted by Crippen LogP contribution is 2.48. The van der Waals surface area contributed by atoms with Crippen LogP contribution >= 0.6 is 0 Å². The van der Waals surface area contributed by atoms with Gasteiger partial charge in [0.05, 0.1) is 21.3 Å². The predicted octanol–water partition coefficient (Wildman–Crippen LogP) is 4.34. The van der Waals surface area contributed by atoms with Gasteiger partial charge in [0.15, 0.2) is 11.5 Å². The first-order valence-corrected chi connectivity index (χ1v) is 8.87. The molecule has 0 aliphatic heterocycles. The lowest BCUT2D eigenvalue weighted by Gasteiger charge is -2.16. The fraction of sp³-hybridized carbons (Fsp3) is 0.550. The molecule has 0 amide bonds. The average Bonchev–Trinajstić information content (AvgIpc) is 2.64. The van der Waals surface area contributed by atoms with Crippen LogP contribution < -0.4 is 9.47 Å². The fourth-order valence-corrected chi connectivity index (χ4v) is 2.76. The number of esters is 1. The van der Waals surface area contributed by atoms with E-state index >= 15 is 0 Å². The molecule has 0 saturated heterocycles. The maximum atomic E-state index is 11.0. The fourth-order valence-electron chi connectivity index (χ4n) is 2.76. The standard InChI is InChI=1S/C20H30O6/c1-14-15(18(23)20(26-4)19(25-3)17(14)22)12-10-8-6-5-7-9-11-13-16(21)24-2/h10,12,22-23H,5-9,11,13H2,1-4H3/b12-10+. The van der Waals surface area contributed by atoms with Gasteiger partial charge in [-0.3, -0.25) is 4.79 Å². The Hall–Kier alpha value is -2.37. The zero-order valence-corrected chi connectivity index (χ0v) is 16.1. The number of phenols is 2. The maximum absolute atomic E-state index is 11.0. The van der Waals surface area contributed by atoms with Gasteiger partial charge in [0.1, 0.15) is 0 Å². The van der Waals surface area contributed by atoms with E-state index in [2.05, 4.69) is 4.74 Å². The molecule has 1 aromatic rings. The molecule has 0 heterocycles. The summed E-state index contributed by atoms with van der Waals surface area (Å²) in [5, 5.41) is 20.6. The van der Waals surface area contributed by atoms with Gasteiger partial charge in [0.2, 0.25) is 11.5 Å². The van der Waals surface area contributed by atoms with E-state index in [4.69, 9.17) is 9.47 Å². The summed E-state index contributed by atoms with van der Waals surface area (Å²) in [7, 11) is 4.24. The smallest absolute Gasteiger partial charge is 0.305 e. The van der Waals surface area contributed by atoms with Gasteiger partial charge in [-0.2, -0.15) is 0 Å². The average molecular weight is 366 g/mol. The summed E-state index contributed by atoms with van der Waals surface area (Å²) in [5.74, 6) is 0.0276. The van der Waals surface area contributed by atoms with Crippen LogP contribution in [0, 0.1) is 6.92 Å². The van der Waals surface area contributed by atoms with Crippen LogP contribution in [0.4, 0.5) is 0 Å². The predicted molar refractivity (Wildman–Crippen MR) is 101 cm³/mol. The van der Waals surface area contributed by atoms with Crippen LogP contribution in [0.5, 0.6) is 23.0 Å². The number of hydrogen-bond acceptors (Lipinski definition) is 6. The highest BCUT2D eigenvalue weighted by molar-refractivity contribution is 5.74. The monoisotopic (exact) mass is 366 g/mol. The molecule has 0 spiro atoms. The molecule has 0 bridgehead atoms. The minimum atomic E-state index is -0.152. The van der Waals surface area contributed by atoms with Gasteiger partial charge in [0, 0.05) is 17.5 Å². The number of carbonyl (C=O) groups is 1. The van der Waals surface area contributed by atoms with Crippen LogP contribution in [0.15, 0.2) is 6.08 Å². The Labute approximate surface area is 155 Å². The third-order valence-corrected chi connectivity index (χ3v) is 4.32. The number of aromatic hydroxyl groups is 2. The third-order valence-electron chi connectivity index (χ3n) is 4.32. The number of hydrogen-bond donors (Lipinski definition) is 2. The van der Waals surface area contributed by atoms with Crippen molar-refractivity contribution in [3.63, 3.8) is 0 Å². The van der Waals surface area contributed by atoms with Crippen molar-refractivity contribution in [2.45, 2.75) is 51.9 Å². The van der Waals surface area contributed by atoms with Crippen molar-refractivity contribution in [1.29, 1.82) is 0 Å². The second-order valence-corrected chi connectivity index (χ2v) is 6.09. The molecule has 1 rings (SSSR count). The summed E-state index contributed by atoms with van der Waals surface area (Å²) in [6, 6.07) is 0. The molecule has 1 aromatic carbocycles. The van der Waals surface area contributed by atoms with Crippen LogP contribution in [0.25, 0.3) is 6.08 Å². The number of carbonyl (C=O) groups excluding carboxylic acids is 1. The first-order chi connectivity index (χ1) is 12.5. The van der Waals surface area contributed by atoms with Crippen molar-refractivity contribution >= 4 is 12.0 Å². The van der Waals surface area contributed by atoms with Crippen molar-refractivity contribution in [3.8, 4) is 23.0 Å². The Morgan fingerprint density at radius 1 is 0.923 bits per heavy atom. The highest BCUT2D eigenvalue weighted by atomic mass is 16.5. The van der Waals surface area contributed by atoms with Crippen LogP contribution in [0.1, 0.15) is 56.1 Å². The molecule has 0 fully saturated rings. The molecular formula is C20H30O6. The lowest BCUT2D eigenvalue weighted by atomic mass is 10.0. The largest absolute Gasteiger partial charge is 0.504 e. The van der Waals surface area contributed by atoms with E-state index in [9.17, 15) is 15.0 Å². The van der Waals surface area contributed by atoms with Gasteiger partial charge < -0.3 is 24.4 Å². The van der Waals surface area contributed by atoms with E-state index in [-0.39, 0.29) is 29.0 Å². The van der Waals surface area contributed by atoms with E-state index in [0.29, 0.717) is 17.5 Å². The van der Waals surface area contributed by atoms with Gasteiger partial charge in [-0.25, -0.2) is 0 Å². The number of methoxy groups -OCH3 is 3. The number of rotatable bonds is 11. The van der Waals surface area contributed by atoms with Gasteiger partial charge in [-0.05, 0) is 26.2 Å². The number of allylic oxidation sites excluding steroid dienone is 1. The van der Waals surface area contributed by atoms with E-state index in [1.54, 1.807) is 13.0 Å². The number of ether oxygens (including phenoxy) is 3. The lowest BCUT2D eigenvalue weighted by Crippen LogP contribution is -1.99. The second-order valence-electron chi connectivity index (χ2n) is 6.09. The number of unbranched alkanes of at least 4 members (excludes halogenated alkanes) is 5. The van der Waals surface area contributed by atoms with Crippen molar-refractivity contribution in [2.75, 3.05) is 21.3 Å². The molecular weight excluding hydrogens is 336 g/mol. The van der Waals surface area contributed by atoms with E-state index in [1.807, 2.05) is 6.08 Å². The first kappa shape index (κ1) is 21.7. The van der Waals surface area contributed by atoms with Crippen LogP contribution in [-0.4, -0.2) is 37.5 Å². The Bertz CT molecular complexity index is 621. The molecule has 0 aliphatic rings. The van der Waals surface area contributed by atoms with Crippen LogP contribution in [0.2, 0.25) is 0 Å². The zero-order valence-electron chi connectivity index (χ0n) is 16.1. The second kappa shape index (κ2) is 11.3. The number of benzene rings is 1. The Balaban J connectivity index is 2.52. The Morgan fingerprint density at radius 2 is 1.50 bits per heavy atom. The number of phenolic OH excluding ortho intramolecular Hbond substituents is 2. The van der Waals surface area contributed by atoms with E-state index in [1.165, 1.54) is 21.3 Å². The molecule has 26 heavy (non-hydrogen) atoms. The molecule has 0 saturated carbocycles. The topological polar surface area (TPSA) is 85.2 Å². The molecule has 6 nitrogen and oxygen atoms in total. The molecule has 0 aliphatic carbocycles. The molecule has 0 unspecified atom stereocenters. The minimum Gasteiger partial charge on any atom is -0.504 e. The van der Waals surface area contributed by atoms with Crippen molar-refractivity contribution in [1.82, 2.24) is 0 Å². The normalized spacial score (nSPS) is 10.9. The summed E-state index contributed by atoms with van der Waals surface area (Å²) in [5.41, 5.74) is 1.07. The lowest BCUT2D eigenvalue weighted by molar-refractivity contribution is -0.140. The molecule has 2 N–H and O–H groups in total. The molecule has 6 heteroatoms. The molecule has 0 aromatic heterocycles. The summed E-state index contributed by atoms with van der Waals surface area (Å²) in [6.45, 7) is 1.72. The maximum Gasteiger partial charge on any atom is 0.305 e.